The Bertz CT molecular complexity index is 532. The van der Waals surface area contributed by atoms with Crippen molar-refractivity contribution >= 4 is 18.0 Å². The van der Waals surface area contributed by atoms with E-state index in [4.69, 9.17) is 4.74 Å². The first-order chi connectivity index (χ1) is 9.22. The van der Waals surface area contributed by atoms with Crippen molar-refractivity contribution in [2.45, 2.75) is 25.7 Å². The number of cyclic esters (lactones) is 2. The summed E-state index contributed by atoms with van der Waals surface area (Å²) in [6, 6.07) is 9.81. The van der Waals surface area contributed by atoms with Crippen LogP contribution in [0.1, 0.15) is 31.2 Å². The molecule has 2 atom stereocenters. The molecule has 0 amide bonds. The predicted octanol–water partition coefficient (Wildman–Crippen LogP) is 2.96. The summed E-state index contributed by atoms with van der Waals surface area (Å²) < 4.78 is 4.87. The van der Waals surface area contributed by atoms with E-state index in [1.807, 2.05) is 42.5 Å². The molecule has 0 aromatic heterocycles. The highest BCUT2D eigenvalue weighted by Gasteiger charge is 2.56. The van der Waals surface area contributed by atoms with Crippen molar-refractivity contribution < 1.29 is 14.3 Å². The third-order valence-electron chi connectivity index (χ3n) is 4.19. The van der Waals surface area contributed by atoms with E-state index in [0.717, 1.165) is 24.8 Å². The van der Waals surface area contributed by atoms with E-state index in [1.165, 1.54) is 0 Å². The summed E-state index contributed by atoms with van der Waals surface area (Å²) >= 11 is 0. The summed E-state index contributed by atoms with van der Waals surface area (Å²) in [5.41, 5.74) is 0.318. The Morgan fingerprint density at radius 1 is 1.16 bits per heavy atom. The van der Waals surface area contributed by atoms with E-state index >= 15 is 0 Å². The lowest BCUT2D eigenvalue weighted by Crippen LogP contribution is -2.34. The number of fused-ring (bicyclic) bond motifs is 1. The molecule has 2 unspecified atom stereocenters. The molecule has 2 aliphatic rings. The van der Waals surface area contributed by atoms with Gasteiger partial charge in [0.15, 0.2) is 0 Å². The Labute approximate surface area is 112 Å². The molecule has 0 spiro atoms. The molecule has 1 aliphatic heterocycles. The minimum Gasteiger partial charge on any atom is -0.392 e. The third kappa shape index (κ3) is 1.99. The lowest BCUT2D eigenvalue weighted by molar-refractivity contribution is -0.154. The lowest BCUT2D eigenvalue weighted by atomic mass is 9.67. The van der Waals surface area contributed by atoms with Crippen LogP contribution in [0.2, 0.25) is 0 Å². The average molecular weight is 256 g/mol. The maximum absolute atomic E-state index is 12.1. The van der Waals surface area contributed by atoms with Gasteiger partial charge in [0.2, 0.25) is 0 Å². The Hall–Kier alpha value is -1.90. The minimum atomic E-state index is -0.717. The quantitative estimate of drug-likeness (QED) is 0.603. The summed E-state index contributed by atoms with van der Waals surface area (Å²) in [6.07, 6.45) is 7.25. The van der Waals surface area contributed by atoms with Gasteiger partial charge >= 0.3 is 11.9 Å². The van der Waals surface area contributed by atoms with Crippen LogP contribution in [-0.2, 0) is 14.3 Å². The van der Waals surface area contributed by atoms with E-state index in [1.54, 1.807) is 0 Å². The fraction of sp³-hybridized carbons (Fsp3) is 0.375. The SMILES string of the molecule is O=C1OC(=O)C2(C=Cc3ccccc3)CCCCC12. The second-order valence-electron chi connectivity index (χ2n) is 5.29. The molecular weight excluding hydrogens is 240 g/mol. The molecule has 1 heterocycles. The van der Waals surface area contributed by atoms with Crippen molar-refractivity contribution in [2.24, 2.45) is 11.3 Å². The van der Waals surface area contributed by atoms with Crippen LogP contribution in [0.25, 0.3) is 6.08 Å². The van der Waals surface area contributed by atoms with Crippen LogP contribution in [0.3, 0.4) is 0 Å². The van der Waals surface area contributed by atoms with Crippen LogP contribution in [0.15, 0.2) is 36.4 Å². The number of hydrogen-bond acceptors (Lipinski definition) is 3. The number of carbonyl (C=O) groups is 2. The normalized spacial score (nSPS) is 30.4. The Balaban J connectivity index is 1.93. The van der Waals surface area contributed by atoms with Crippen molar-refractivity contribution in [3.05, 3.63) is 42.0 Å². The summed E-state index contributed by atoms with van der Waals surface area (Å²) in [5.74, 6) is -0.995. The molecule has 3 heteroatoms. The molecule has 0 radical (unpaired) electrons. The highest BCUT2D eigenvalue weighted by atomic mass is 16.6. The van der Waals surface area contributed by atoms with Crippen molar-refractivity contribution in [3.8, 4) is 0 Å². The molecule has 0 N–H and O–H groups in total. The van der Waals surface area contributed by atoms with Gasteiger partial charge in [-0.1, -0.05) is 55.3 Å². The van der Waals surface area contributed by atoms with Gasteiger partial charge in [-0.25, -0.2) is 0 Å². The monoisotopic (exact) mass is 256 g/mol. The number of benzene rings is 1. The molecule has 3 nitrogen and oxygen atoms in total. The summed E-state index contributed by atoms with van der Waals surface area (Å²) in [4.78, 5) is 23.8. The molecule has 1 aromatic rings. The molecule has 3 rings (SSSR count). The zero-order chi connectivity index (χ0) is 13.3. The summed E-state index contributed by atoms with van der Waals surface area (Å²) in [6.45, 7) is 0. The fourth-order valence-corrected chi connectivity index (χ4v) is 3.10. The van der Waals surface area contributed by atoms with Gasteiger partial charge in [0.25, 0.3) is 0 Å². The largest absolute Gasteiger partial charge is 0.392 e. The van der Waals surface area contributed by atoms with Gasteiger partial charge in [0.05, 0.1) is 5.92 Å². The second-order valence-corrected chi connectivity index (χ2v) is 5.29. The standard InChI is InChI=1S/C16H16O3/c17-14-13-8-4-5-10-16(13,15(18)19-14)11-9-12-6-2-1-3-7-12/h1-3,6-7,9,11,13H,4-5,8,10H2. The number of ether oxygens (including phenoxy) is 1. The topological polar surface area (TPSA) is 43.4 Å². The molecule has 0 bridgehead atoms. The van der Waals surface area contributed by atoms with Crippen LogP contribution in [0, 0.1) is 11.3 Å². The first kappa shape index (κ1) is 12.2. The lowest BCUT2D eigenvalue weighted by Gasteiger charge is -2.30. The van der Waals surface area contributed by atoms with E-state index in [0.29, 0.717) is 6.42 Å². The van der Waals surface area contributed by atoms with Crippen LogP contribution < -0.4 is 0 Å². The Morgan fingerprint density at radius 3 is 2.74 bits per heavy atom. The van der Waals surface area contributed by atoms with E-state index in [2.05, 4.69) is 0 Å². The molecule has 1 saturated carbocycles. The maximum atomic E-state index is 12.1. The zero-order valence-electron chi connectivity index (χ0n) is 10.7. The van der Waals surface area contributed by atoms with Crippen LogP contribution in [0.4, 0.5) is 0 Å². The average Bonchev–Trinajstić information content (AvgIpc) is 2.70. The van der Waals surface area contributed by atoms with Crippen LogP contribution >= 0.6 is 0 Å². The minimum absolute atomic E-state index is 0.284. The van der Waals surface area contributed by atoms with Gasteiger partial charge in [-0.3, -0.25) is 9.59 Å². The number of rotatable bonds is 2. The molecule has 19 heavy (non-hydrogen) atoms. The Morgan fingerprint density at radius 2 is 1.95 bits per heavy atom. The van der Waals surface area contributed by atoms with Gasteiger partial charge in [-0.15, -0.1) is 0 Å². The number of carbonyl (C=O) groups excluding carboxylic acids is 2. The first-order valence-corrected chi connectivity index (χ1v) is 6.73. The molecular formula is C16H16O3. The number of esters is 2. The zero-order valence-corrected chi connectivity index (χ0v) is 10.7. The second kappa shape index (κ2) is 4.65. The van der Waals surface area contributed by atoms with Gasteiger partial charge in [0, 0.05) is 0 Å². The van der Waals surface area contributed by atoms with Crippen molar-refractivity contribution in [2.75, 3.05) is 0 Å². The molecule has 1 aliphatic carbocycles. The highest BCUT2D eigenvalue weighted by molar-refractivity contribution is 6.01. The smallest absolute Gasteiger partial charge is 0.324 e. The van der Waals surface area contributed by atoms with Crippen LogP contribution in [0.5, 0.6) is 0 Å². The van der Waals surface area contributed by atoms with Gasteiger partial charge < -0.3 is 4.74 Å². The first-order valence-electron chi connectivity index (χ1n) is 6.73. The number of hydrogen-bond donors (Lipinski definition) is 0. The maximum Gasteiger partial charge on any atom is 0.324 e. The Kier molecular flexibility index (Phi) is 2.97. The fourth-order valence-electron chi connectivity index (χ4n) is 3.10. The van der Waals surface area contributed by atoms with Crippen LogP contribution in [-0.4, -0.2) is 11.9 Å². The van der Waals surface area contributed by atoms with Gasteiger partial charge in [-0.2, -0.15) is 0 Å². The van der Waals surface area contributed by atoms with Gasteiger partial charge in [-0.05, 0) is 18.4 Å². The summed E-state index contributed by atoms with van der Waals surface area (Å²) in [7, 11) is 0. The van der Waals surface area contributed by atoms with Gasteiger partial charge in [0.1, 0.15) is 5.41 Å². The summed E-state index contributed by atoms with van der Waals surface area (Å²) in [5, 5.41) is 0. The predicted molar refractivity (Wildman–Crippen MR) is 71.0 cm³/mol. The van der Waals surface area contributed by atoms with E-state index in [9.17, 15) is 9.59 Å². The highest BCUT2D eigenvalue weighted by Crippen LogP contribution is 2.48. The molecule has 98 valence electrons. The molecule has 1 saturated heterocycles. The van der Waals surface area contributed by atoms with Crippen molar-refractivity contribution in [3.63, 3.8) is 0 Å². The van der Waals surface area contributed by atoms with Crippen molar-refractivity contribution in [1.29, 1.82) is 0 Å². The van der Waals surface area contributed by atoms with E-state index < -0.39 is 5.41 Å². The molecule has 2 fully saturated rings. The van der Waals surface area contributed by atoms with E-state index in [-0.39, 0.29) is 17.9 Å². The van der Waals surface area contributed by atoms with Crippen molar-refractivity contribution in [1.82, 2.24) is 0 Å². The molecule has 1 aromatic carbocycles. The third-order valence-corrected chi connectivity index (χ3v) is 4.19.